The van der Waals surface area contributed by atoms with Crippen LogP contribution in [0.15, 0.2) is 66.7 Å². The van der Waals surface area contributed by atoms with Gasteiger partial charge in [0.15, 0.2) is 0 Å². The van der Waals surface area contributed by atoms with Gasteiger partial charge in [0, 0.05) is 30.8 Å². The molecule has 1 saturated heterocycles. The van der Waals surface area contributed by atoms with E-state index in [4.69, 9.17) is 9.47 Å². The van der Waals surface area contributed by atoms with Crippen molar-refractivity contribution in [3.8, 4) is 17.0 Å². The van der Waals surface area contributed by atoms with Gasteiger partial charge in [-0.15, -0.1) is 0 Å². The number of hydrogen-bond acceptors (Lipinski definition) is 6. The Balaban J connectivity index is 1.52. The van der Waals surface area contributed by atoms with Gasteiger partial charge in [-0.05, 0) is 54.7 Å². The van der Waals surface area contributed by atoms with E-state index in [1.807, 2.05) is 60.7 Å². The van der Waals surface area contributed by atoms with Crippen molar-refractivity contribution < 1.29 is 23.4 Å². The maximum Gasteiger partial charge on any atom is 0.236 e. The maximum atomic E-state index is 13.6. The second-order valence-electron chi connectivity index (χ2n) is 8.93. The second-order valence-corrected chi connectivity index (χ2v) is 11.3. The Labute approximate surface area is 207 Å². The third-order valence-corrected chi connectivity index (χ3v) is 7.42. The molecule has 3 aromatic rings. The summed E-state index contributed by atoms with van der Waals surface area (Å²) in [6, 6.07) is 21.1. The van der Waals surface area contributed by atoms with Crippen LogP contribution in [0.3, 0.4) is 0 Å². The fourth-order valence-electron chi connectivity index (χ4n) is 4.33. The number of amides is 1. The standard InChI is InChI=1S/C27H32N2O5S/c1-33-23-12-10-22(11-13-23)27(15-17-34-18-16-27)26(30)29-25-5-3-4-24(28-25)21-8-6-20(7-9-21)14-19-35(2,31)32/h3-13,31-32H,14-19H2,1-2H3,(H,28,29,30). The van der Waals surface area contributed by atoms with E-state index in [1.165, 1.54) is 6.26 Å². The molecule has 0 atom stereocenters. The molecule has 0 radical (unpaired) electrons. The Morgan fingerprint density at radius 3 is 2.37 bits per heavy atom. The van der Waals surface area contributed by atoms with Crippen molar-refractivity contribution in [2.24, 2.45) is 0 Å². The van der Waals surface area contributed by atoms with Crippen LogP contribution in [0.25, 0.3) is 11.3 Å². The maximum absolute atomic E-state index is 13.6. The number of anilines is 1. The third kappa shape index (κ3) is 6.21. The van der Waals surface area contributed by atoms with Gasteiger partial charge in [0.1, 0.15) is 11.6 Å². The van der Waals surface area contributed by atoms with Gasteiger partial charge in [-0.3, -0.25) is 13.9 Å². The summed E-state index contributed by atoms with van der Waals surface area (Å²) in [5.74, 6) is 1.49. The molecule has 4 rings (SSSR count). The summed E-state index contributed by atoms with van der Waals surface area (Å²) in [4.78, 5) is 18.3. The molecule has 2 aromatic carbocycles. The van der Waals surface area contributed by atoms with Crippen molar-refractivity contribution in [3.63, 3.8) is 0 Å². The van der Waals surface area contributed by atoms with Crippen molar-refractivity contribution in [2.45, 2.75) is 24.7 Å². The number of methoxy groups -OCH3 is 1. The molecule has 0 aliphatic carbocycles. The Bertz CT molecular complexity index is 1140. The number of aryl methyl sites for hydroxylation is 1. The van der Waals surface area contributed by atoms with E-state index in [0.29, 0.717) is 44.0 Å². The van der Waals surface area contributed by atoms with E-state index < -0.39 is 16.0 Å². The fraction of sp³-hybridized carbons (Fsp3) is 0.333. The molecule has 35 heavy (non-hydrogen) atoms. The average molecular weight is 497 g/mol. The van der Waals surface area contributed by atoms with E-state index in [2.05, 4.69) is 10.3 Å². The topological polar surface area (TPSA) is 101 Å². The zero-order chi connectivity index (χ0) is 24.9. The number of carbonyl (C=O) groups excluding carboxylic acids is 1. The van der Waals surface area contributed by atoms with Crippen LogP contribution in [-0.4, -0.2) is 52.3 Å². The number of nitrogens with one attached hydrogen (secondary N) is 1. The van der Waals surface area contributed by atoms with E-state index in [-0.39, 0.29) is 5.91 Å². The number of ether oxygens (including phenoxy) is 2. The summed E-state index contributed by atoms with van der Waals surface area (Å²) in [6.45, 7) is 1.04. The predicted molar refractivity (Wildman–Crippen MR) is 140 cm³/mol. The van der Waals surface area contributed by atoms with Crippen LogP contribution in [-0.2, 0) is 21.4 Å². The van der Waals surface area contributed by atoms with Gasteiger partial charge >= 0.3 is 0 Å². The number of carbonyl (C=O) groups is 1. The first kappa shape index (κ1) is 25.2. The van der Waals surface area contributed by atoms with Gasteiger partial charge in [-0.2, -0.15) is 10.6 Å². The van der Waals surface area contributed by atoms with Gasteiger partial charge in [-0.25, -0.2) is 4.98 Å². The van der Waals surface area contributed by atoms with Gasteiger partial charge < -0.3 is 14.8 Å². The highest BCUT2D eigenvalue weighted by molar-refractivity contribution is 8.23. The number of hydrogen-bond donors (Lipinski definition) is 3. The van der Waals surface area contributed by atoms with Crippen LogP contribution in [0.2, 0.25) is 0 Å². The highest BCUT2D eigenvalue weighted by Crippen LogP contribution is 2.37. The first-order chi connectivity index (χ1) is 16.8. The van der Waals surface area contributed by atoms with Crippen molar-refractivity contribution in [1.82, 2.24) is 4.98 Å². The lowest BCUT2D eigenvalue weighted by Crippen LogP contribution is -2.45. The number of pyridine rings is 1. The summed E-state index contributed by atoms with van der Waals surface area (Å²) in [6.07, 6.45) is 3.24. The molecule has 0 bridgehead atoms. The van der Waals surface area contributed by atoms with Gasteiger partial charge in [0.25, 0.3) is 0 Å². The van der Waals surface area contributed by atoms with Crippen molar-refractivity contribution in [2.75, 3.05) is 37.6 Å². The molecule has 1 fully saturated rings. The Morgan fingerprint density at radius 2 is 1.74 bits per heavy atom. The number of nitrogens with zero attached hydrogens (tertiary/aromatic N) is 1. The van der Waals surface area contributed by atoms with Gasteiger partial charge in [0.05, 0.1) is 18.2 Å². The summed E-state index contributed by atoms with van der Waals surface area (Å²) < 4.78 is 30.1. The minimum atomic E-state index is -2.51. The van der Waals surface area contributed by atoms with Crippen LogP contribution < -0.4 is 10.1 Å². The molecular formula is C27H32N2O5S. The smallest absolute Gasteiger partial charge is 0.236 e. The van der Waals surface area contributed by atoms with Crippen molar-refractivity contribution in [1.29, 1.82) is 0 Å². The van der Waals surface area contributed by atoms with Gasteiger partial charge in [0.2, 0.25) is 5.91 Å². The predicted octanol–water partition coefficient (Wildman–Crippen LogP) is 5.37. The lowest BCUT2D eigenvalue weighted by Gasteiger charge is -2.36. The zero-order valence-electron chi connectivity index (χ0n) is 20.1. The van der Waals surface area contributed by atoms with Crippen LogP contribution in [0, 0.1) is 0 Å². The minimum absolute atomic E-state index is 0.0930. The quantitative estimate of drug-likeness (QED) is 0.388. The highest BCUT2D eigenvalue weighted by Gasteiger charge is 2.42. The lowest BCUT2D eigenvalue weighted by atomic mass is 9.73. The second kappa shape index (κ2) is 10.8. The summed E-state index contributed by atoms with van der Waals surface area (Å²) in [7, 11) is -0.883. The number of rotatable bonds is 8. The highest BCUT2D eigenvalue weighted by atomic mass is 32.3. The third-order valence-electron chi connectivity index (χ3n) is 6.44. The Morgan fingerprint density at radius 1 is 1.06 bits per heavy atom. The molecule has 7 nitrogen and oxygen atoms in total. The SMILES string of the molecule is COc1ccc(C2(C(=O)Nc3cccc(-c4ccc(CCS(C)(O)O)cc4)n3)CCOCC2)cc1. The summed E-state index contributed by atoms with van der Waals surface area (Å²) in [5, 5.41) is 3.05. The number of benzene rings is 2. The normalized spacial score (nSPS) is 15.9. The first-order valence-corrected chi connectivity index (χ1v) is 13.7. The molecule has 1 aromatic heterocycles. The molecule has 1 aliphatic rings. The molecule has 3 N–H and O–H groups in total. The van der Waals surface area contributed by atoms with Gasteiger partial charge in [-0.1, -0.05) is 42.5 Å². The van der Waals surface area contributed by atoms with Crippen LogP contribution in [0.5, 0.6) is 5.75 Å². The van der Waals surface area contributed by atoms with Crippen LogP contribution in [0.4, 0.5) is 5.82 Å². The summed E-state index contributed by atoms with van der Waals surface area (Å²) in [5.41, 5.74) is 2.94. The molecule has 8 heteroatoms. The molecule has 1 amide bonds. The van der Waals surface area contributed by atoms with E-state index in [9.17, 15) is 13.9 Å². The largest absolute Gasteiger partial charge is 0.497 e. The molecule has 2 heterocycles. The van der Waals surface area contributed by atoms with Crippen LogP contribution >= 0.6 is 10.6 Å². The first-order valence-electron chi connectivity index (χ1n) is 11.6. The van der Waals surface area contributed by atoms with Crippen molar-refractivity contribution in [3.05, 3.63) is 77.9 Å². The Kier molecular flexibility index (Phi) is 7.76. The molecule has 0 unspecified atom stereocenters. The molecule has 1 aliphatic heterocycles. The van der Waals surface area contributed by atoms with Crippen molar-refractivity contribution >= 4 is 22.3 Å². The van der Waals surface area contributed by atoms with E-state index in [0.717, 1.165) is 28.1 Å². The Hall–Kier alpha value is -2.91. The summed E-state index contributed by atoms with van der Waals surface area (Å²) >= 11 is 0. The van der Waals surface area contributed by atoms with E-state index >= 15 is 0 Å². The fourth-order valence-corrected chi connectivity index (χ4v) is 4.95. The zero-order valence-corrected chi connectivity index (χ0v) is 20.9. The van der Waals surface area contributed by atoms with Crippen LogP contribution in [0.1, 0.15) is 24.0 Å². The monoisotopic (exact) mass is 496 g/mol. The molecule has 0 spiro atoms. The van der Waals surface area contributed by atoms with E-state index in [1.54, 1.807) is 13.2 Å². The minimum Gasteiger partial charge on any atom is -0.497 e. The molecular weight excluding hydrogens is 464 g/mol. The molecule has 186 valence electrons. The number of aromatic nitrogens is 1. The lowest BCUT2D eigenvalue weighted by molar-refractivity contribution is -0.125. The molecule has 0 saturated carbocycles. The average Bonchev–Trinajstić information content (AvgIpc) is 2.88.